The number of carbonyl (C=O) groups excluding carboxylic acids is 1. The van der Waals surface area contributed by atoms with Gasteiger partial charge in [-0.15, -0.1) is 0 Å². The number of aromatic carboxylic acids is 1. The molecule has 3 unspecified atom stereocenters. The molecular formula is C17H21NO3. The molecular weight excluding hydrogens is 266 g/mol. The smallest absolute Gasteiger partial charge is 0.335 e. The molecule has 0 aliphatic heterocycles. The van der Waals surface area contributed by atoms with E-state index in [1.165, 1.54) is 19.3 Å². The molecule has 4 nitrogen and oxygen atoms in total. The van der Waals surface area contributed by atoms with Crippen molar-refractivity contribution in [3.63, 3.8) is 0 Å². The molecule has 3 atom stereocenters. The molecule has 0 saturated heterocycles. The van der Waals surface area contributed by atoms with Gasteiger partial charge in [0.2, 0.25) is 5.91 Å². The minimum absolute atomic E-state index is 0.162. The number of benzene rings is 1. The van der Waals surface area contributed by atoms with Crippen LogP contribution in [0.5, 0.6) is 0 Å². The highest BCUT2D eigenvalue weighted by atomic mass is 16.4. The van der Waals surface area contributed by atoms with Crippen molar-refractivity contribution in [3.05, 3.63) is 35.4 Å². The number of amides is 1. The van der Waals surface area contributed by atoms with Crippen molar-refractivity contribution in [1.82, 2.24) is 5.32 Å². The fourth-order valence-electron chi connectivity index (χ4n) is 3.96. The van der Waals surface area contributed by atoms with Crippen molar-refractivity contribution in [2.75, 3.05) is 6.54 Å². The van der Waals surface area contributed by atoms with E-state index in [0.717, 1.165) is 17.9 Å². The third-order valence-corrected chi connectivity index (χ3v) is 5.02. The third kappa shape index (κ3) is 2.94. The first-order valence-corrected chi connectivity index (χ1v) is 7.74. The van der Waals surface area contributed by atoms with Crippen molar-refractivity contribution in [2.24, 2.45) is 17.8 Å². The summed E-state index contributed by atoms with van der Waals surface area (Å²) < 4.78 is 0. The van der Waals surface area contributed by atoms with Gasteiger partial charge in [0.15, 0.2) is 0 Å². The summed E-state index contributed by atoms with van der Waals surface area (Å²) >= 11 is 0. The zero-order valence-electron chi connectivity index (χ0n) is 12.0. The van der Waals surface area contributed by atoms with Crippen LogP contribution in [0.15, 0.2) is 24.3 Å². The summed E-state index contributed by atoms with van der Waals surface area (Å²) in [6.45, 7) is 0.511. The Morgan fingerprint density at radius 1 is 1.19 bits per heavy atom. The zero-order chi connectivity index (χ0) is 14.8. The van der Waals surface area contributed by atoms with Gasteiger partial charge in [-0.05, 0) is 49.1 Å². The Morgan fingerprint density at radius 3 is 2.67 bits per heavy atom. The van der Waals surface area contributed by atoms with E-state index in [1.807, 2.05) is 12.1 Å². The van der Waals surface area contributed by atoms with Gasteiger partial charge in [-0.25, -0.2) is 4.79 Å². The minimum Gasteiger partial charge on any atom is -0.478 e. The van der Waals surface area contributed by atoms with Crippen LogP contribution in [-0.4, -0.2) is 23.5 Å². The molecule has 0 heterocycles. The second-order valence-corrected chi connectivity index (χ2v) is 6.28. The lowest BCUT2D eigenvalue weighted by molar-refractivity contribution is -0.126. The molecule has 2 aliphatic carbocycles. The second-order valence-electron chi connectivity index (χ2n) is 6.28. The SMILES string of the molecule is O=C(O)c1ccccc1CCNC(=O)C1CC2CCC1C2. The summed E-state index contributed by atoms with van der Waals surface area (Å²) in [5.41, 5.74) is 1.10. The largest absolute Gasteiger partial charge is 0.478 e. The number of rotatable bonds is 5. The highest BCUT2D eigenvalue weighted by Crippen LogP contribution is 2.48. The Labute approximate surface area is 124 Å². The van der Waals surface area contributed by atoms with Crippen LogP contribution in [-0.2, 0) is 11.2 Å². The predicted molar refractivity (Wildman–Crippen MR) is 79.1 cm³/mol. The summed E-state index contributed by atoms with van der Waals surface area (Å²) in [4.78, 5) is 23.3. The summed E-state index contributed by atoms with van der Waals surface area (Å²) in [7, 11) is 0. The van der Waals surface area contributed by atoms with E-state index < -0.39 is 5.97 Å². The molecule has 0 radical (unpaired) electrons. The number of hydrogen-bond acceptors (Lipinski definition) is 2. The molecule has 21 heavy (non-hydrogen) atoms. The first kappa shape index (κ1) is 14.1. The van der Waals surface area contributed by atoms with Gasteiger partial charge in [0, 0.05) is 12.5 Å². The van der Waals surface area contributed by atoms with E-state index in [0.29, 0.717) is 24.4 Å². The lowest BCUT2D eigenvalue weighted by Gasteiger charge is -2.20. The minimum atomic E-state index is -0.912. The average Bonchev–Trinajstić information content (AvgIpc) is 3.10. The maximum absolute atomic E-state index is 12.2. The van der Waals surface area contributed by atoms with Crippen LogP contribution in [0.4, 0.5) is 0 Å². The van der Waals surface area contributed by atoms with Crippen LogP contribution in [0.1, 0.15) is 41.6 Å². The summed E-state index contributed by atoms with van der Waals surface area (Å²) in [6, 6.07) is 6.98. The molecule has 1 aromatic carbocycles. The first-order valence-electron chi connectivity index (χ1n) is 7.74. The van der Waals surface area contributed by atoms with Gasteiger partial charge >= 0.3 is 5.97 Å². The average molecular weight is 287 g/mol. The Morgan fingerprint density at radius 2 is 2.00 bits per heavy atom. The number of hydrogen-bond donors (Lipinski definition) is 2. The summed E-state index contributed by atoms with van der Waals surface area (Å²) in [6.07, 6.45) is 5.32. The highest BCUT2D eigenvalue weighted by Gasteiger charge is 2.42. The van der Waals surface area contributed by atoms with Gasteiger partial charge < -0.3 is 10.4 Å². The van der Waals surface area contributed by atoms with Crippen molar-refractivity contribution >= 4 is 11.9 Å². The molecule has 2 aliphatic rings. The van der Waals surface area contributed by atoms with Gasteiger partial charge in [-0.1, -0.05) is 24.6 Å². The molecule has 0 aromatic heterocycles. The van der Waals surface area contributed by atoms with Crippen LogP contribution >= 0.6 is 0 Å². The molecule has 112 valence electrons. The van der Waals surface area contributed by atoms with Crippen molar-refractivity contribution in [1.29, 1.82) is 0 Å². The van der Waals surface area contributed by atoms with Crippen LogP contribution in [0.2, 0.25) is 0 Å². The van der Waals surface area contributed by atoms with Gasteiger partial charge in [0.25, 0.3) is 0 Å². The molecule has 2 saturated carbocycles. The third-order valence-electron chi connectivity index (χ3n) is 5.02. The van der Waals surface area contributed by atoms with Gasteiger partial charge in [-0.3, -0.25) is 4.79 Å². The fraction of sp³-hybridized carbons (Fsp3) is 0.529. The number of fused-ring (bicyclic) bond motifs is 2. The van der Waals surface area contributed by atoms with Crippen molar-refractivity contribution < 1.29 is 14.7 Å². The molecule has 2 fully saturated rings. The number of carbonyl (C=O) groups is 2. The van der Waals surface area contributed by atoms with Crippen molar-refractivity contribution in [3.8, 4) is 0 Å². The van der Waals surface area contributed by atoms with E-state index in [9.17, 15) is 9.59 Å². The number of carboxylic acid groups (broad SMARTS) is 1. The molecule has 3 rings (SSSR count). The predicted octanol–water partition coefficient (Wildman–Crippen LogP) is 2.48. The van der Waals surface area contributed by atoms with Crippen LogP contribution in [0.25, 0.3) is 0 Å². The fourth-order valence-corrected chi connectivity index (χ4v) is 3.96. The molecule has 2 bridgehead atoms. The highest BCUT2D eigenvalue weighted by molar-refractivity contribution is 5.89. The van der Waals surface area contributed by atoms with E-state index in [2.05, 4.69) is 5.32 Å². The zero-order valence-corrected chi connectivity index (χ0v) is 12.0. The van der Waals surface area contributed by atoms with E-state index in [-0.39, 0.29) is 11.8 Å². The quantitative estimate of drug-likeness (QED) is 0.874. The lowest BCUT2D eigenvalue weighted by atomic mass is 9.88. The normalized spacial score (nSPS) is 26.8. The monoisotopic (exact) mass is 287 g/mol. The van der Waals surface area contributed by atoms with Crippen molar-refractivity contribution in [2.45, 2.75) is 32.1 Å². The Hall–Kier alpha value is -1.84. The van der Waals surface area contributed by atoms with E-state index in [1.54, 1.807) is 12.1 Å². The summed E-state index contributed by atoms with van der Waals surface area (Å²) in [5, 5.41) is 12.1. The Kier molecular flexibility index (Phi) is 3.95. The molecule has 1 aromatic rings. The van der Waals surface area contributed by atoms with Crippen LogP contribution in [0, 0.1) is 17.8 Å². The van der Waals surface area contributed by atoms with Crippen LogP contribution < -0.4 is 5.32 Å². The van der Waals surface area contributed by atoms with E-state index >= 15 is 0 Å². The first-order chi connectivity index (χ1) is 10.1. The van der Waals surface area contributed by atoms with Gasteiger partial charge in [-0.2, -0.15) is 0 Å². The standard InChI is InChI=1S/C17H21NO3/c19-16(15-10-11-5-6-13(15)9-11)18-8-7-12-3-1-2-4-14(12)17(20)21/h1-4,11,13,15H,5-10H2,(H,18,19)(H,20,21). The molecule has 4 heteroatoms. The van der Waals surface area contributed by atoms with E-state index in [4.69, 9.17) is 5.11 Å². The maximum atomic E-state index is 12.2. The molecule has 2 N–H and O–H groups in total. The van der Waals surface area contributed by atoms with Gasteiger partial charge in [0.05, 0.1) is 5.56 Å². The molecule has 1 amide bonds. The topological polar surface area (TPSA) is 66.4 Å². The Balaban J connectivity index is 1.52. The number of nitrogens with one attached hydrogen (secondary N) is 1. The summed E-state index contributed by atoms with van der Waals surface area (Å²) in [5.74, 6) is 0.790. The maximum Gasteiger partial charge on any atom is 0.335 e. The number of carboxylic acids is 1. The second kappa shape index (κ2) is 5.88. The Bertz CT molecular complexity index is 555. The molecule has 0 spiro atoms. The van der Waals surface area contributed by atoms with Crippen LogP contribution in [0.3, 0.4) is 0 Å². The van der Waals surface area contributed by atoms with Gasteiger partial charge in [0.1, 0.15) is 0 Å². The lowest BCUT2D eigenvalue weighted by Crippen LogP contribution is -2.35.